The molecule has 2 N–H and O–H groups in total. The van der Waals surface area contributed by atoms with Crippen molar-refractivity contribution in [2.45, 2.75) is 24.7 Å². The summed E-state index contributed by atoms with van der Waals surface area (Å²) in [5.41, 5.74) is 6.42. The van der Waals surface area contributed by atoms with E-state index in [1.807, 2.05) is 19.1 Å². The van der Waals surface area contributed by atoms with Crippen molar-refractivity contribution in [3.05, 3.63) is 59.7 Å². The minimum absolute atomic E-state index is 0.0990. The van der Waals surface area contributed by atoms with Crippen molar-refractivity contribution < 1.29 is 22.7 Å². The molecule has 156 valence electrons. The van der Waals surface area contributed by atoms with Crippen LogP contribution in [0, 0.1) is 6.92 Å². The molecule has 0 saturated carbocycles. The van der Waals surface area contributed by atoms with Gasteiger partial charge in [-0.05, 0) is 43.2 Å². The van der Waals surface area contributed by atoms with Gasteiger partial charge in [0.2, 0.25) is 15.9 Å². The Hall–Kier alpha value is -2.91. The summed E-state index contributed by atoms with van der Waals surface area (Å²) in [6.45, 7) is 1.43. The molecule has 0 heterocycles. The maximum Gasteiger partial charge on any atom is 0.253 e. The predicted molar refractivity (Wildman–Crippen MR) is 109 cm³/mol. The van der Waals surface area contributed by atoms with Gasteiger partial charge in [0.05, 0.1) is 18.6 Å². The van der Waals surface area contributed by atoms with Gasteiger partial charge in [0.1, 0.15) is 5.75 Å². The number of likely N-dealkylation sites (N-methyl/N-ethyl adjacent to an activating group) is 1. The third-order valence-corrected chi connectivity index (χ3v) is 6.05. The number of rotatable bonds is 8. The zero-order chi connectivity index (χ0) is 21.4. The van der Waals surface area contributed by atoms with Gasteiger partial charge in [0, 0.05) is 13.5 Å². The molecule has 0 saturated heterocycles. The van der Waals surface area contributed by atoms with E-state index < -0.39 is 22.5 Å². The average molecular weight is 420 g/mol. The second-order valence-electron chi connectivity index (χ2n) is 6.52. The molecule has 0 aliphatic carbocycles. The molecular weight excluding hydrogens is 394 g/mol. The molecular formula is C20H25N3O5S. The van der Waals surface area contributed by atoms with E-state index in [0.717, 1.165) is 21.2 Å². The summed E-state index contributed by atoms with van der Waals surface area (Å²) < 4.78 is 30.9. The Morgan fingerprint density at radius 2 is 1.55 bits per heavy atom. The molecule has 2 aromatic carbocycles. The second-order valence-corrected chi connectivity index (χ2v) is 8.56. The molecule has 0 radical (unpaired) electrons. The smallest absolute Gasteiger partial charge is 0.253 e. The van der Waals surface area contributed by atoms with Crippen LogP contribution < -0.4 is 15.6 Å². The Balaban J connectivity index is 1.79. The third-order valence-electron chi connectivity index (χ3n) is 4.24. The predicted octanol–water partition coefficient (Wildman–Crippen LogP) is 1.40. The lowest BCUT2D eigenvalue weighted by Gasteiger charge is -2.17. The average Bonchev–Trinajstić information content (AvgIpc) is 2.71. The summed E-state index contributed by atoms with van der Waals surface area (Å²) in [6.07, 6.45) is 0.664. The van der Waals surface area contributed by atoms with Gasteiger partial charge in [0.25, 0.3) is 5.91 Å². The van der Waals surface area contributed by atoms with Crippen molar-refractivity contribution in [1.29, 1.82) is 0 Å². The monoisotopic (exact) mass is 419 g/mol. The van der Waals surface area contributed by atoms with Crippen molar-refractivity contribution in [3.8, 4) is 5.75 Å². The van der Waals surface area contributed by atoms with Gasteiger partial charge in [-0.25, -0.2) is 8.42 Å². The Bertz CT molecular complexity index is 941. The number of hydrogen-bond donors (Lipinski definition) is 2. The Labute approximate surface area is 170 Å². The zero-order valence-electron chi connectivity index (χ0n) is 16.6. The van der Waals surface area contributed by atoms with Gasteiger partial charge in [-0.3, -0.25) is 20.4 Å². The number of nitrogens with zero attached hydrogens (tertiary/aromatic N) is 1. The Morgan fingerprint density at radius 1 is 0.966 bits per heavy atom. The first kappa shape index (κ1) is 22.4. The molecule has 0 aliphatic heterocycles. The normalized spacial score (nSPS) is 11.2. The van der Waals surface area contributed by atoms with Crippen LogP contribution in [0.5, 0.6) is 5.75 Å². The van der Waals surface area contributed by atoms with Crippen molar-refractivity contribution in [3.63, 3.8) is 0 Å². The number of carbonyl (C=O) groups excluding carboxylic acids is 2. The number of sulfonamides is 1. The van der Waals surface area contributed by atoms with E-state index in [1.54, 1.807) is 31.4 Å². The van der Waals surface area contributed by atoms with E-state index in [9.17, 15) is 18.0 Å². The van der Waals surface area contributed by atoms with Crippen LogP contribution in [0.3, 0.4) is 0 Å². The van der Waals surface area contributed by atoms with E-state index in [2.05, 4.69) is 10.9 Å². The minimum atomic E-state index is -3.79. The number of aryl methyl sites for hydroxylation is 2. The molecule has 0 bridgehead atoms. The molecule has 0 atom stereocenters. The molecule has 0 unspecified atom stereocenters. The molecule has 8 nitrogen and oxygen atoms in total. The third kappa shape index (κ3) is 6.58. The summed E-state index contributed by atoms with van der Waals surface area (Å²) in [6, 6.07) is 13.7. The van der Waals surface area contributed by atoms with Crippen molar-refractivity contribution in [2.75, 3.05) is 20.7 Å². The highest BCUT2D eigenvalue weighted by atomic mass is 32.2. The van der Waals surface area contributed by atoms with Crippen LogP contribution in [0.15, 0.2) is 53.4 Å². The number of hydrogen-bond acceptors (Lipinski definition) is 5. The van der Waals surface area contributed by atoms with Gasteiger partial charge in [-0.15, -0.1) is 0 Å². The lowest BCUT2D eigenvalue weighted by atomic mass is 10.1. The lowest BCUT2D eigenvalue weighted by Crippen LogP contribution is -2.46. The quantitative estimate of drug-likeness (QED) is 0.630. The van der Waals surface area contributed by atoms with Crippen LogP contribution in [0.25, 0.3) is 0 Å². The summed E-state index contributed by atoms with van der Waals surface area (Å²) in [5, 5.41) is 0. The first-order valence-corrected chi connectivity index (χ1v) is 10.4. The maximum absolute atomic E-state index is 12.5. The van der Waals surface area contributed by atoms with Gasteiger partial charge in [-0.1, -0.05) is 29.8 Å². The van der Waals surface area contributed by atoms with Crippen LogP contribution in [0.2, 0.25) is 0 Å². The van der Waals surface area contributed by atoms with Crippen molar-refractivity contribution in [1.82, 2.24) is 15.2 Å². The summed E-state index contributed by atoms with van der Waals surface area (Å²) in [5.74, 6) is -0.283. The topological polar surface area (TPSA) is 105 Å². The highest BCUT2D eigenvalue weighted by Gasteiger charge is 2.22. The SMILES string of the molecule is COc1ccc(CCC(=O)NNC(=O)CN(C)S(=O)(=O)c2ccc(C)cc2)cc1. The van der Waals surface area contributed by atoms with Crippen LogP contribution in [-0.2, 0) is 26.0 Å². The Kier molecular flexibility index (Phi) is 7.74. The van der Waals surface area contributed by atoms with Crippen LogP contribution in [-0.4, -0.2) is 45.2 Å². The highest BCUT2D eigenvalue weighted by molar-refractivity contribution is 7.89. The fourth-order valence-corrected chi connectivity index (χ4v) is 3.60. The van der Waals surface area contributed by atoms with Crippen LogP contribution in [0.4, 0.5) is 0 Å². The number of methoxy groups -OCH3 is 1. The maximum atomic E-state index is 12.5. The number of ether oxygens (including phenoxy) is 1. The largest absolute Gasteiger partial charge is 0.497 e. The Morgan fingerprint density at radius 3 is 2.14 bits per heavy atom. The van der Waals surface area contributed by atoms with E-state index >= 15 is 0 Å². The van der Waals surface area contributed by atoms with E-state index in [1.165, 1.54) is 19.2 Å². The number of benzene rings is 2. The van der Waals surface area contributed by atoms with Crippen LogP contribution >= 0.6 is 0 Å². The van der Waals surface area contributed by atoms with Gasteiger partial charge in [-0.2, -0.15) is 4.31 Å². The lowest BCUT2D eigenvalue weighted by molar-refractivity contribution is -0.128. The van der Waals surface area contributed by atoms with E-state index in [-0.39, 0.29) is 17.2 Å². The number of amides is 2. The molecule has 0 aromatic heterocycles. The fraction of sp³-hybridized carbons (Fsp3) is 0.300. The number of carbonyl (C=O) groups is 2. The second kappa shape index (κ2) is 10.0. The number of nitrogens with one attached hydrogen (secondary N) is 2. The first-order chi connectivity index (χ1) is 13.7. The molecule has 0 aliphatic rings. The van der Waals surface area contributed by atoms with Gasteiger partial charge >= 0.3 is 0 Å². The number of hydrazine groups is 1. The molecule has 0 spiro atoms. The van der Waals surface area contributed by atoms with E-state index in [4.69, 9.17) is 4.74 Å². The standard InChI is InChI=1S/C20H25N3O5S/c1-15-4-11-18(12-5-15)29(26,27)23(2)14-20(25)22-21-19(24)13-8-16-6-9-17(28-3)10-7-16/h4-7,9-12H,8,13-14H2,1-3H3,(H,21,24)(H,22,25). The van der Waals surface area contributed by atoms with E-state index in [0.29, 0.717) is 6.42 Å². The fourth-order valence-electron chi connectivity index (χ4n) is 2.47. The molecule has 9 heteroatoms. The summed E-state index contributed by atoms with van der Waals surface area (Å²) in [4.78, 5) is 24.0. The summed E-state index contributed by atoms with van der Waals surface area (Å²) in [7, 11) is -0.908. The molecule has 0 fully saturated rings. The zero-order valence-corrected chi connectivity index (χ0v) is 17.5. The van der Waals surface area contributed by atoms with Gasteiger partial charge in [0.15, 0.2) is 0 Å². The minimum Gasteiger partial charge on any atom is -0.497 e. The highest BCUT2D eigenvalue weighted by Crippen LogP contribution is 2.15. The first-order valence-electron chi connectivity index (χ1n) is 8.96. The summed E-state index contributed by atoms with van der Waals surface area (Å²) >= 11 is 0. The van der Waals surface area contributed by atoms with Crippen molar-refractivity contribution in [2.24, 2.45) is 0 Å². The molecule has 2 rings (SSSR count). The van der Waals surface area contributed by atoms with Crippen molar-refractivity contribution >= 4 is 21.8 Å². The molecule has 2 aromatic rings. The van der Waals surface area contributed by atoms with Gasteiger partial charge < -0.3 is 4.74 Å². The molecule has 2 amide bonds. The molecule has 29 heavy (non-hydrogen) atoms. The van der Waals surface area contributed by atoms with Crippen LogP contribution in [0.1, 0.15) is 17.5 Å².